The molecule has 7 heteroatoms. The van der Waals surface area contributed by atoms with Crippen LogP contribution in [0, 0.1) is 5.92 Å². The van der Waals surface area contributed by atoms with Crippen molar-refractivity contribution in [1.82, 2.24) is 15.5 Å². The molecule has 1 fully saturated rings. The van der Waals surface area contributed by atoms with Crippen LogP contribution in [0.1, 0.15) is 26.7 Å². The number of amides is 2. The Balaban J connectivity index is 2.66. The normalized spacial score (nSPS) is 19.3. The van der Waals surface area contributed by atoms with E-state index in [1.54, 1.807) is 0 Å². The van der Waals surface area contributed by atoms with E-state index < -0.39 is 17.5 Å². The van der Waals surface area contributed by atoms with E-state index in [2.05, 4.69) is 10.6 Å². The third-order valence-corrected chi connectivity index (χ3v) is 3.79. The van der Waals surface area contributed by atoms with Crippen molar-refractivity contribution in [3.63, 3.8) is 0 Å². The molecule has 0 aromatic rings. The van der Waals surface area contributed by atoms with E-state index in [9.17, 15) is 14.7 Å². The molecule has 0 saturated carbocycles. The maximum Gasteiger partial charge on any atom is 0.329 e. The summed E-state index contributed by atoms with van der Waals surface area (Å²) in [5.41, 5.74) is -1.22. The van der Waals surface area contributed by atoms with Crippen LogP contribution in [0.2, 0.25) is 0 Å². The first kappa shape index (κ1) is 17.7. The van der Waals surface area contributed by atoms with Gasteiger partial charge in [0.15, 0.2) is 0 Å². The van der Waals surface area contributed by atoms with Gasteiger partial charge in [0.1, 0.15) is 5.54 Å². The lowest BCUT2D eigenvalue weighted by Gasteiger charge is -2.35. The first-order valence-electron chi connectivity index (χ1n) is 7.31. The first-order chi connectivity index (χ1) is 9.77. The minimum atomic E-state index is -1.22. The van der Waals surface area contributed by atoms with Gasteiger partial charge in [-0.1, -0.05) is 13.8 Å². The van der Waals surface area contributed by atoms with Crippen molar-refractivity contribution in [3.8, 4) is 0 Å². The maximum absolute atomic E-state index is 12.2. The van der Waals surface area contributed by atoms with Gasteiger partial charge in [-0.25, -0.2) is 9.59 Å². The Hall–Kier alpha value is -1.34. The molecule has 1 unspecified atom stereocenters. The molecular weight excluding hydrogens is 274 g/mol. The summed E-state index contributed by atoms with van der Waals surface area (Å²) in [6.07, 6.45) is 0.575. The second-order valence-corrected chi connectivity index (χ2v) is 6.21. The van der Waals surface area contributed by atoms with Crippen LogP contribution in [0.3, 0.4) is 0 Å². The number of hydrogen-bond donors (Lipinski definition) is 3. The molecule has 0 aromatic heterocycles. The number of aliphatic carboxylic acids is 1. The van der Waals surface area contributed by atoms with Crippen LogP contribution in [-0.2, 0) is 9.53 Å². The molecule has 122 valence electrons. The van der Waals surface area contributed by atoms with Crippen LogP contribution >= 0.6 is 0 Å². The molecule has 0 spiro atoms. The first-order valence-corrected chi connectivity index (χ1v) is 7.31. The van der Waals surface area contributed by atoms with Crippen molar-refractivity contribution in [2.75, 3.05) is 33.9 Å². The lowest BCUT2D eigenvalue weighted by atomic mass is 9.90. The molecule has 0 aromatic carbocycles. The fraction of sp³-hybridized carbons (Fsp3) is 0.857. The summed E-state index contributed by atoms with van der Waals surface area (Å²) in [5.74, 6) is -0.747. The molecule has 0 aliphatic carbocycles. The number of nitrogens with one attached hydrogen (secondary N) is 2. The van der Waals surface area contributed by atoms with Gasteiger partial charge in [-0.05, 0) is 20.0 Å². The third kappa shape index (κ3) is 5.17. The highest BCUT2D eigenvalue weighted by Gasteiger charge is 2.41. The number of likely N-dealkylation sites (N-methyl/N-ethyl adjacent to an activating group) is 1. The van der Waals surface area contributed by atoms with E-state index in [1.807, 2.05) is 32.8 Å². The Morgan fingerprint density at radius 2 is 1.86 bits per heavy atom. The molecule has 1 atom stereocenters. The molecule has 1 rings (SSSR count). The second-order valence-electron chi connectivity index (χ2n) is 6.21. The number of hydrogen-bond acceptors (Lipinski definition) is 4. The minimum Gasteiger partial charge on any atom is -0.480 e. The third-order valence-electron chi connectivity index (χ3n) is 3.79. The highest BCUT2D eigenvalue weighted by molar-refractivity contribution is 5.86. The van der Waals surface area contributed by atoms with E-state index in [0.717, 1.165) is 0 Å². The summed E-state index contributed by atoms with van der Waals surface area (Å²) >= 11 is 0. The number of carboxylic acids is 1. The van der Waals surface area contributed by atoms with E-state index in [4.69, 9.17) is 4.74 Å². The zero-order chi connectivity index (χ0) is 16.0. The van der Waals surface area contributed by atoms with E-state index in [1.165, 1.54) is 0 Å². The minimum absolute atomic E-state index is 0.0364. The van der Waals surface area contributed by atoms with Gasteiger partial charge in [0, 0.05) is 38.6 Å². The molecule has 2 amide bonds. The quantitative estimate of drug-likeness (QED) is 0.665. The van der Waals surface area contributed by atoms with E-state index in [0.29, 0.717) is 19.8 Å². The second kappa shape index (κ2) is 7.61. The summed E-state index contributed by atoms with van der Waals surface area (Å²) in [7, 11) is 3.87. The molecule has 7 nitrogen and oxygen atoms in total. The highest BCUT2D eigenvalue weighted by atomic mass is 16.5. The molecule has 0 radical (unpaired) electrons. The average Bonchev–Trinajstić information content (AvgIpc) is 2.38. The van der Waals surface area contributed by atoms with Crippen molar-refractivity contribution < 1.29 is 19.4 Å². The van der Waals surface area contributed by atoms with Gasteiger partial charge >= 0.3 is 12.0 Å². The fourth-order valence-electron chi connectivity index (χ4n) is 2.35. The number of carbonyl (C=O) groups excluding carboxylic acids is 1. The van der Waals surface area contributed by atoms with Crippen molar-refractivity contribution in [3.05, 3.63) is 0 Å². The Morgan fingerprint density at radius 3 is 2.29 bits per heavy atom. The van der Waals surface area contributed by atoms with Gasteiger partial charge in [0.05, 0.1) is 0 Å². The number of carboxylic acid groups (broad SMARTS) is 1. The number of ether oxygens (including phenoxy) is 1. The average molecular weight is 301 g/mol. The molecule has 1 aliphatic heterocycles. The van der Waals surface area contributed by atoms with Crippen LogP contribution in [0.15, 0.2) is 0 Å². The van der Waals surface area contributed by atoms with Crippen LogP contribution in [0.4, 0.5) is 4.79 Å². The van der Waals surface area contributed by atoms with E-state index in [-0.39, 0.29) is 24.8 Å². The molecule has 3 N–H and O–H groups in total. The Morgan fingerprint density at radius 1 is 1.29 bits per heavy atom. The van der Waals surface area contributed by atoms with Crippen molar-refractivity contribution in [2.45, 2.75) is 38.3 Å². The Bertz CT molecular complexity index is 365. The monoisotopic (exact) mass is 301 g/mol. The Kier molecular flexibility index (Phi) is 6.42. The van der Waals surface area contributed by atoms with Gasteiger partial charge in [-0.2, -0.15) is 0 Å². The SMILES string of the molecule is CC(C)C(CN(C)C)NC(=O)NC1(C(=O)O)CCOCC1. The number of rotatable bonds is 6. The summed E-state index contributed by atoms with van der Waals surface area (Å²) in [4.78, 5) is 25.7. The van der Waals surface area contributed by atoms with Crippen molar-refractivity contribution in [1.29, 1.82) is 0 Å². The smallest absolute Gasteiger partial charge is 0.329 e. The van der Waals surface area contributed by atoms with Gasteiger partial charge < -0.3 is 25.4 Å². The highest BCUT2D eigenvalue weighted by Crippen LogP contribution is 2.21. The zero-order valence-corrected chi connectivity index (χ0v) is 13.3. The molecule has 0 bridgehead atoms. The lowest BCUT2D eigenvalue weighted by Crippen LogP contribution is -2.61. The summed E-state index contributed by atoms with van der Waals surface area (Å²) in [6.45, 7) is 5.44. The molecule has 21 heavy (non-hydrogen) atoms. The van der Waals surface area contributed by atoms with Crippen molar-refractivity contribution >= 4 is 12.0 Å². The number of carbonyl (C=O) groups is 2. The predicted octanol–water partition coefficient (Wildman–Crippen LogP) is 0.506. The lowest BCUT2D eigenvalue weighted by molar-refractivity contribution is -0.148. The molecule has 1 saturated heterocycles. The summed E-state index contributed by atoms with van der Waals surface area (Å²) in [6, 6.07) is -0.467. The van der Waals surface area contributed by atoms with Gasteiger partial charge in [-0.15, -0.1) is 0 Å². The summed E-state index contributed by atoms with van der Waals surface area (Å²) in [5, 5.41) is 14.9. The van der Waals surface area contributed by atoms with E-state index >= 15 is 0 Å². The van der Waals surface area contributed by atoms with Crippen molar-refractivity contribution in [2.24, 2.45) is 5.92 Å². The van der Waals surface area contributed by atoms with Gasteiger partial charge in [0.2, 0.25) is 0 Å². The van der Waals surface area contributed by atoms with Crippen LogP contribution < -0.4 is 10.6 Å². The largest absolute Gasteiger partial charge is 0.480 e. The maximum atomic E-state index is 12.2. The standard InChI is InChI=1S/C14H27N3O4/c1-10(2)11(9-17(3)4)15-13(20)16-14(12(18)19)5-7-21-8-6-14/h10-11H,5-9H2,1-4H3,(H,18,19)(H2,15,16,20). The van der Waals surface area contributed by atoms with Gasteiger partial charge in [-0.3, -0.25) is 0 Å². The van der Waals surface area contributed by atoms with Crippen LogP contribution in [0.5, 0.6) is 0 Å². The fourth-order valence-corrected chi connectivity index (χ4v) is 2.35. The zero-order valence-electron chi connectivity index (χ0n) is 13.3. The molecule has 1 heterocycles. The van der Waals surface area contributed by atoms with Crippen LogP contribution in [-0.4, -0.2) is 67.4 Å². The summed E-state index contributed by atoms with van der Waals surface area (Å²) < 4.78 is 5.19. The van der Waals surface area contributed by atoms with Gasteiger partial charge in [0.25, 0.3) is 0 Å². The number of urea groups is 1. The number of nitrogens with zero attached hydrogens (tertiary/aromatic N) is 1. The molecular formula is C14H27N3O4. The molecule has 1 aliphatic rings. The topological polar surface area (TPSA) is 90.9 Å². The predicted molar refractivity (Wildman–Crippen MR) is 79.3 cm³/mol. The Labute approximate surface area is 126 Å². The van der Waals surface area contributed by atoms with Crippen LogP contribution in [0.25, 0.3) is 0 Å².